The minimum absolute atomic E-state index is 0.244. The Bertz CT molecular complexity index is 1380. The number of pyridine rings is 2. The Balaban J connectivity index is 1.27. The molecule has 0 radical (unpaired) electrons. The Morgan fingerprint density at radius 3 is 2.42 bits per heavy atom. The first kappa shape index (κ1) is 21.2. The van der Waals surface area contributed by atoms with Crippen LogP contribution in [0.15, 0.2) is 71.9 Å². The van der Waals surface area contributed by atoms with Gasteiger partial charge in [0.25, 0.3) is 0 Å². The maximum absolute atomic E-state index is 13.3. The molecule has 0 amide bonds. The molecule has 9 nitrogen and oxygen atoms in total. The summed E-state index contributed by atoms with van der Waals surface area (Å²) in [5.41, 5.74) is 1.60. The molecule has 0 aliphatic carbocycles. The average molecular weight is 462 g/mol. The van der Waals surface area contributed by atoms with Crippen LogP contribution in [0.2, 0.25) is 0 Å². The third-order valence-electron chi connectivity index (χ3n) is 5.60. The molecule has 3 aromatic heterocycles. The number of sulfonamides is 1. The van der Waals surface area contributed by atoms with Gasteiger partial charge in [-0.1, -0.05) is 18.2 Å². The summed E-state index contributed by atoms with van der Waals surface area (Å²) in [7, 11) is -3.65. The number of aromatic nitrogens is 4. The molecule has 1 aromatic carbocycles. The standard InChI is InChI=1S/C23H23N7O2S/c1-17-9-11-24-21(16-17)26-20-7-8-22(28-27-20)29-12-14-30(15-13-29)33(31,32)19-6-2-4-18-5-3-10-25-23(18)19/h2-11,16H,12-15H2,1H3,(H,24,26,27). The van der Waals surface area contributed by atoms with Crippen LogP contribution in [0.1, 0.15) is 5.56 Å². The lowest BCUT2D eigenvalue weighted by atomic mass is 10.2. The molecule has 0 atom stereocenters. The SMILES string of the molecule is Cc1ccnc(Nc2ccc(N3CCN(S(=O)(=O)c4cccc5cccnc45)CC3)nn2)c1. The number of benzene rings is 1. The van der Waals surface area contributed by atoms with E-state index in [4.69, 9.17) is 0 Å². The normalized spacial score (nSPS) is 15.0. The van der Waals surface area contributed by atoms with Crippen molar-refractivity contribution in [2.75, 3.05) is 36.4 Å². The zero-order valence-corrected chi connectivity index (χ0v) is 18.9. The second kappa shape index (κ2) is 8.72. The fourth-order valence-electron chi connectivity index (χ4n) is 3.88. The van der Waals surface area contributed by atoms with Crippen LogP contribution in [0.5, 0.6) is 0 Å². The maximum atomic E-state index is 13.3. The molecule has 1 aliphatic rings. The van der Waals surface area contributed by atoms with Crippen molar-refractivity contribution in [2.24, 2.45) is 0 Å². The third kappa shape index (κ3) is 4.35. The maximum Gasteiger partial charge on any atom is 0.245 e. The van der Waals surface area contributed by atoms with Crippen LogP contribution in [0.4, 0.5) is 17.5 Å². The van der Waals surface area contributed by atoms with Crippen molar-refractivity contribution in [1.29, 1.82) is 0 Å². The van der Waals surface area contributed by atoms with Gasteiger partial charge in [-0.15, -0.1) is 10.2 Å². The van der Waals surface area contributed by atoms with Gasteiger partial charge in [0.15, 0.2) is 11.6 Å². The van der Waals surface area contributed by atoms with Gasteiger partial charge in [0, 0.05) is 44.0 Å². The van der Waals surface area contributed by atoms with Crippen molar-refractivity contribution in [3.8, 4) is 0 Å². The molecule has 0 unspecified atom stereocenters. The van der Waals surface area contributed by atoms with Gasteiger partial charge in [-0.05, 0) is 48.9 Å². The fraction of sp³-hybridized carbons (Fsp3) is 0.217. The summed E-state index contributed by atoms with van der Waals surface area (Å²) >= 11 is 0. The number of nitrogens with zero attached hydrogens (tertiary/aromatic N) is 6. The minimum Gasteiger partial charge on any atom is -0.352 e. The van der Waals surface area contributed by atoms with Gasteiger partial charge in [-0.2, -0.15) is 4.31 Å². The number of para-hydroxylation sites is 1. The molecule has 0 spiro atoms. The molecule has 4 heterocycles. The van der Waals surface area contributed by atoms with E-state index in [9.17, 15) is 8.42 Å². The van der Waals surface area contributed by atoms with E-state index in [1.54, 1.807) is 30.6 Å². The van der Waals surface area contributed by atoms with E-state index in [0.717, 1.165) is 10.9 Å². The fourth-order valence-corrected chi connectivity index (χ4v) is 5.46. The molecule has 0 saturated carbocycles. The number of aryl methyl sites for hydroxylation is 1. The van der Waals surface area contributed by atoms with Crippen LogP contribution in [0.25, 0.3) is 10.9 Å². The summed E-state index contributed by atoms with van der Waals surface area (Å²) in [6.07, 6.45) is 3.35. The summed E-state index contributed by atoms with van der Waals surface area (Å²) in [5, 5.41) is 12.5. The van der Waals surface area contributed by atoms with Gasteiger partial charge in [-0.25, -0.2) is 13.4 Å². The lowest BCUT2D eigenvalue weighted by Crippen LogP contribution is -2.49. The summed E-state index contributed by atoms with van der Waals surface area (Å²) in [4.78, 5) is 10.9. The molecule has 10 heteroatoms. The Morgan fingerprint density at radius 2 is 1.67 bits per heavy atom. The first-order valence-electron chi connectivity index (χ1n) is 10.6. The number of hydrogen-bond acceptors (Lipinski definition) is 8. The number of anilines is 3. The Kier molecular flexibility index (Phi) is 5.61. The quantitative estimate of drug-likeness (QED) is 0.484. The first-order valence-corrected chi connectivity index (χ1v) is 12.1. The Labute approximate surface area is 192 Å². The number of nitrogens with one attached hydrogen (secondary N) is 1. The first-order chi connectivity index (χ1) is 16.0. The zero-order chi connectivity index (χ0) is 22.8. The minimum atomic E-state index is -3.65. The summed E-state index contributed by atoms with van der Waals surface area (Å²) < 4.78 is 28.1. The molecule has 1 aliphatic heterocycles. The lowest BCUT2D eigenvalue weighted by Gasteiger charge is -2.34. The highest BCUT2D eigenvalue weighted by Crippen LogP contribution is 2.25. The molecule has 0 bridgehead atoms. The van der Waals surface area contributed by atoms with Crippen molar-refractivity contribution in [3.05, 3.63) is 72.6 Å². The summed E-state index contributed by atoms with van der Waals surface area (Å²) in [6, 6.07) is 16.5. The molecule has 1 saturated heterocycles. The van der Waals surface area contributed by atoms with Gasteiger partial charge in [0.1, 0.15) is 10.7 Å². The van der Waals surface area contributed by atoms with Crippen molar-refractivity contribution in [1.82, 2.24) is 24.5 Å². The average Bonchev–Trinajstić information content (AvgIpc) is 2.84. The van der Waals surface area contributed by atoms with E-state index in [1.165, 1.54) is 4.31 Å². The van der Waals surface area contributed by atoms with Gasteiger partial charge in [0.05, 0.1) is 5.52 Å². The molecule has 5 rings (SSSR count). The monoisotopic (exact) mass is 461 g/mol. The highest BCUT2D eigenvalue weighted by Gasteiger charge is 2.30. The third-order valence-corrected chi connectivity index (χ3v) is 7.53. The number of hydrogen-bond donors (Lipinski definition) is 1. The van der Waals surface area contributed by atoms with Gasteiger partial charge in [0.2, 0.25) is 10.0 Å². The Hall–Kier alpha value is -3.63. The smallest absolute Gasteiger partial charge is 0.245 e. The van der Waals surface area contributed by atoms with Crippen molar-refractivity contribution < 1.29 is 8.42 Å². The van der Waals surface area contributed by atoms with E-state index < -0.39 is 10.0 Å². The van der Waals surface area contributed by atoms with Gasteiger partial charge in [-0.3, -0.25) is 4.98 Å². The highest BCUT2D eigenvalue weighted by atomic mass is 32.2. The number of rotatable bonds is 5. The molecular weight excluding hydrogens is 438 g/mol. The second-order valence-electron chi connectivity index (χ2n) is 7.84. The molecular formula is C23H23N7O2S. The predicted molar refractivity (Wildman–Crippen MR) is 127 cm³/mol. The lowest BCUT2D eigenvalue weighted by molar-refractivity contribution is 0.384. The summed E-state index contributed by atoms with van der Waals surface area (Å²) in [6.45, 7) is 3.77. The molecule has 1 fully saturated rings. The summed E-state index contributed by atoms with van der Waals surface area (Å²) in [5.74, 6) is 2.02. The van der Waals surface area contributed by atoms with Crippen LogP contribution in [-0.4, -0.2) is 59.1 Å². The second-order valence-corrected chi connectivity index (χ2v) is 9.75. The van der Waals surface area contributed by atoms with E-state index in [1.807, 2.05) is 48.2 Å². The van der Waals surface area contributed by atoms with Gasteiger partial charge < -0.3 is 10.2 Å². The van der Waals surface area contributed by atoms with Crippen molar-refractivity contribution in [2.45, 2.75) is 11.8 Å². The van der Waals surface area contributed by atoms with Crippen LogP contribution in [0.3, 0.4) is 0 Å². The van der Waals surface area contributed by atoms with Crippen LogP contribution < -0.4 is 10.2 Å². The predicted octanol–water partition coefficient (Wildman–Crippen LogP) is 2.98. The van der Waals surface area contributed by atoms with E-state index in [-0.39, 0.29) is 4.90 Å². The largest absolute Gasteiger partial charge is 0.352 e. The molecule has 1 N–H and O–H groups in total. The van der Waals surface area contributed by atoms with Gasteiger partial charge >= 0.3 is 0 Å². The highest BCUT2D eigenvalue weighted by molar-refractivity contribution is 7.89. The number of fused-ring (bicyclic) bond motifs is 1. The van der Waals surface area contributed by atoms with Crippen LogP contribution >= 0.6 is 0 Å². The van der Waals surface area contributed by atoms with Crippen LogP contribution in [0, 0.1) is 6.92 Å². The topological polar surface area (TPSA) is 104 Å². The van der Waals surface area contributed by atoms with E-state index >= 15 is 0 Å². The van der Waals surface area contributed by atoms with Crippen LogP contribution in [-0.2, 0) is 10.0 Å². The van der Waals surface area contributed by atoms with Crippen molar-refractivity contribution >= 4 is 38.4 Å². The van der Waals surface area contributed by atoms with E-state index in [0.29, 0.717) is 49.1 Å². The van der Waals surface area contributed by atoms with E-state index in [2.05, 4.69) is 25.5 Å². The zero-order valence-electron chi connectivity index (χ0n) is 18.1. The van der Waals surface area contributed by atoms with Crippen molar-refractivity contribution in [3.63, 3.8) is 0 Å². The number of piperazine rings is 1. The molecule has 4 aromatic rings. The molecule has 168 valence electrons. The Morgan fingerprint density at radius 1 is 0.848 bits per heavy atom. The molecule has 33 heavy (non-hydrogen) atoms.